The fourth-order valence-electron chi connectivity index (χ4n) is 1.59. The van der Waals surface area contributed by atoms with Crippen LogP contribution in [0.3, 0.4) is 0 Å². The largest absolute Gasteiger partial charge is 0.387 e. The Kier molecular flexibility index (Phi) is 7.23. The molecule has 0 fully saturated rings. The molecular formula is C13H21Cl2N3OS. The highest BCUT2D eigenvalue weighted by Gasteiger charge is 2.20. The molecule has 0 aromatic carbocycles. The van der Waals surface area contributed by atoms with E-state index in [9.17, 15) is 5.11 Å². The van der Waals surface area contributed by atoms with Gasteiger partial charge in [-0.2, -0.15) is 11.8 Å². The number of rotatable bonds is 8. The molecule has 1 heterocycles. The number of hydrogen-bond acceptors (Lipinski definition) is 5. The maximum absolute atomic E-state index is 10.1. The number of aliphatic hydroxyl groups is 1. The molecule has 1 rings (SSSR count). The van der Waals surface area contributed by atoms with E-state index in [0.29, 0.717) is 34.0 Å². The molecule has 20 heavy (non-hydrogen) atoms. The third-order valence-corrected chi connectivity index (χ3v) is 4.05. The summed E-state index contributed by atoms with van der Waals surface area (Å²) in [5.74, 6) is 1.76. The summed E-state index contributed by atoms with van der Waals surface area (Å²) in [6.07, 6.45) is 2.93. The third-order valence-electron chi connectivity index (χ3n) is 2.56. The number of thioether (sulfide) groups is 1. The molecule has 0 aliphatic rings. The predicted molar refractivity (Wildman–Crippen MR) is 90.5 cm³/mol. The van der Waals surface area contributed by atoms with Crippen molar-refractivity contribution in [3.05, 3.63) is 16.1 Å². The lowest BCUT2D eigenvalue weighted by atomic mass is 10.1. The topological polar surface area (TPSA) is 57.2 Å². The van der Waals surface area contributed by atoms with Gasteiger partial charge in [-0.15, -0.1) is 0 Å². The van der Waals surface area contributed by atoms with Crippen LogP contribution in [0.4, 0.5) is 11.6 Å². The molecule has 4 nitrogen and oxygen atoms in total. The normalized spacial score (nSPS) is 13.9. The molecule has 0 saturated heterocycles. The van der Waals surface area contributed by atoms with Gasteiger partial charge >= 0.3 is 0 Å². The van der Waals surface area contributed by atoms with Crippen LogP contribution in [0.15, 0.2) is 6.07 Å². The Hall–Kier alpha value is -0.360. The molecule has 0 saturated carbocycles. The lowest BCUT2D eigenvalue weighted by Gasteiger charge is -2.23. The Morgan fingerprint density at radius 2 is 1.90 bits per heavy atom. The van der Waals surface area contributed by atoms with E-state index in [4.69, 9.17) is 23.2 Å². The fourth-order valence-corrected chi connectivity index (χ4v) is 2.81. The molecule has 1 aromatic rings. The Bertz CT molecular complexity index is 444. The van der Waals surface area contributed by atoms with E-state index in [1.807, 2.05) is 6.26 Å². The zero-order valence-electron chi connectivity index (χ0n) is 12.0. The minimum atomic E-state index is -0.818. The number of halogens is 2. The second-order valence-corrected chi connectivity index (χ2v) is 6.54. The van der Waals surface area contributed by atoms with Crippen LogP contribution < -0.4 is 10.6 Å². The van der Waals surface area contributed by atoms with Crippen LogP contribution >= 0.6 is 35.0 Å². The maximum Gasteiger partial charge on any atom is 0.147 e. The van der Waals surface area contributed by atoms with Gasteiger partial charge in [0.25, 0.3) is 0 Å². The molecule has 1 unspecified atom stereocenters. The summed E-state index contributed by atoms with van der Waals surface area (Å²) in [6, 6.07) is 1.65. The lowest BCUT2D eigenvalue weighted by Crippen LogP contribution is -2.36. The molecule has 0 bridgehead atoms. The zero-order valence-corrected chi connectivity index (χ0v) is 14.3. The quantitative estimate of drug-likeness (QED) is 0.674. The van der Waals surface area contributed by atoms with Gasteiger partial charge in [0, 0.05) is 18.8 Å². The van der Waals surface area contributed by atoms with E-state index >= 15 is 0 Å². The van der Waals surface area contributed by atoms with Crippen molar-refractivity contribution in [1.82, 2.24) is 4.98 Å². The maximum atomic E-state index is 10.1. The average molecular weight is 338 g/mol. The number of nitrogens with zero attached hydrogens (tertiary/aromatic N) is 1. The summed E-state index contributed by atoms with van der Waals surface area (Å²) in [4.78, 5) is 4.37. The van der Waals surface area contributed by atoms with E-state index in [2.05, 4.69) is 22.5 Å². The molecule has 0 amide bonds. The molecule has 114 valence electrons. The van der Waals surface area contributed by atoms with Crippen molar-refractivity contribution in [2.24, 2.45) is 0 Å². The van der Waals surface area contributed by atoms with Crippen LogP contribution in [-0.2, 0) is 0 Å². The molecule has 7 heteroatoms. The summed E-state index contributed by atoms with van der Waals surface area (Å²) in [5.41, 5.74) is -0.818. The predicted octanol–water partition coefficient (Wildman–Crippen LogP) is 3.74. The van der Waals surface area contributed by atoms with Crippen molar-refractivity contribution >= 4 is 46.6 Å². The van der Waals surface area contributed by atoms with Crippen LogP contribution in [0.25, 0.3) is 0 Å². The Morgan fingerprint density at radius 3 is 2.45 bits per heavy atom. The van der Waals surface area contributed by atoms with Crippen molar-refractivity contribution in [3.63, 3.8) is 0 Å². The van der Waals surface area contributed by atoms with Crippen LogP contribution in [0.2, 0.25) is 10.0 Å². The summed E-state index contributed by atoms with van der Waals surface area (Å²) < 4.78 is 0. The van der Waals surface area contributed by atoms with Gasteiger partial charge in [0.1, 0.15) is 11.6 Å². The van der Waals surface area contributed by atoms with Gasteiger partial charge in [-0.05, 0) is 25.7 Å². The second-order valence-electron chi connectivity index (χ2n) is 4.86. The molecule has 1 atom stereocenters. The van der Waals surface area contributed by atoms with Crippen molar-refractivity contribution in [3.8, 4) is 0 Å². The average Bonchev–Trinajstić information content (AvgIpc) is 2.36. The molecule has 3 N–H and O–H groups in total. The lowest BCUT2D eigenvalue weighted by molar-refractivity contribution is 0.0996. The molecular weight excluding hydrogens is 317 g/mol. The molecule has 0 radical (unpaired) electrons. The van der Waals surface area contributed by atoms with Gasteiger partial charge in [0.2, 0.25) is 0 Å². The van der Waals surface area contributed by atoms with E-state index in [-0.39, 0.29) is 0 Å². The minimum absolute atomic E-state index is 0.370. The van der Waals surface area contributed by atoms with Gasteiger partial charge < -0.3 is 15.7 Å². The smallest absolute Gasteiger partial charge is 0.147 e. The standard InChI is InChI=1S/C13H21Cl2N3OS/c1-4-5-16-11-9(14)6-10(15)12(18-11)17-7-13(2,19)8-20-3/h6,19H,4-5,7-8H2,1-3H3,(H2,16,17,18). The molecule has 1 aromatic heterocycles. The Labute approximate surface area is 134 Å². The monoisotopic (exact) mass is 337 g/mol. The van der Waals surface area contributed by atoms with Crippen LogP contribution in [-0.4, -0.2) is 40.8 Å². The summed E-state index contributed by atoms with van der Waals surface area (Å²) in [7, 11) is 0. The number of aromatic nitrogens is 1. The number of pyridine rings is 1. The van der Waals surface area contributed by atoms with E-state index in [1.165, 1.54) is 0 Å². The van der Waals surface area contributed by atoms with Crippen molar-refractivity contribution in [1.29, 1.82) is 0 Å². The fraction of sp³-hybridized carbons (Fsp3) is 0.615. The highest BCUT2D eigenvalue weighted by atomic mass is 35.5. The highest BCUT2D eigenvalue weighted by Crippen LogP contribution is 2.29. The number of anilines is 2. The van der Waals surface area contributed by atoms with E-state index in [0.717, 1.165) is 13.0 Å². The van der Waals surface area contributed by atoms with Gasteiger partial charge in [0.05, 0.1) is 15.6 Å². The van der Waals surface area contributed by atoms with Crippen molar-refractivity contribution < 1.29 is 5.11 Å². The third kappa shape index (κ3) is 5.56. The Balaban J connectivity index is 2.79. The second kappa shape index (κ2) is 8.17. The zero-order chi connectivity index (χ0) is 15.2. The molecule has 0 aliphatic carbocycles. The van der Waals surface area contributed by atoms with Crippen molar-refractivity contribution in [2.45, 2.75) is 25.9 Å². The Morgan fingerprint density at radius 1 is 1.30 bits per heavy atom. The molecule has 0 spiro atoms. The summed E-state index contributed by atoms with van der Waals surface area (Å²) >= 11 is 13.8. The molecule has 0 aliphatic heterocycles. The van der Waals surface area contributed by atoms with Gasteiger partial charge in [-0.25, -0.2) is 4.98 Å². The van der Waals surface area contributed by atoms with E-state index in [1.54, 1.807) is 24.8 Å². The summed E-state index contributed by atoms with van der Waals surface area (Å²) in [6.45, 7) is 5.00. The number of hydrogen-bond donors (Lipinski definition) is 3. The minimum Gasteiger partial charge on any atom is -0.387 e. The van der Waals surface area contributed by atoms with Crippen LogP contribution in [0, 0.1) is 0 Å². The van der Waals surface area contributed by atoms with Crippen LogP contribution in [0.1, 0.15) is 20.3 Å². The number of nitrogens with one attached hydrogen (secondary N) is 2. The van der Waals surface area contributed by atoms with Gasteiger partial charge in [0.15, 0.2) is 0 Å². The first-order valence-corrected chi connectivity index (χ1v) is 8.59. The van der Waals surface area contributed by atoms with Crippen molar-refractivity contribution in [2.75, 3.05) is 35.7 Å². The SMILES string of the molecule is CCCNc1nc(NCC(C)(O)CSC)c(Cl)cc1Cl. The first-order valence-electron chi connectivity index (χ1n) is 6.44. The van der Waals surface area contributed by atoms with Gasteiger partial charge in [-0.1, -0.05) is 30.1 Å². The first-order chi connectivity index (χ1) is 9.39. The summed E-state index contributed by atoms with van der Waals surface area (Å²) in [5, 5.41) is 17.3. The van der Waals surface area contributed by atoms with Crippen LogP contribution in [0.5, 0.6) is 0 Å². The highest BCUT2D eigenvalue weighted by molar-refractivity contribution is 7.98. The van der Waals surface area contributed by atoms with E-state index < -0.39 is 5.60 Å². The van der Waals surface area contributed by atoms with Gasteiger partial charge in [-0.3, -0.25) is 0 Å². The first kappa shape index (κ1) is 17.7.